The first-order valence-electron chi connectivity index (χ1n) is 7.20. The second-order valence-corrected chi connectivity index (χ2v) is 6.28. The summed E-state index contributed by atoms with van der Waals surface area (Å²) in [6, 6.07) is 12.6. The van der Waals surface area contributed by atoms with E-state index in [9.17, 15) is 18.0 Å². The molecule has 0 aliphatic carbocycles. The van der Waals surface area contributed by atoms with Crippen LogP contribution in [-0.4, -0.2) is 30.2 Å². The van der Waals surface area contributed by atoms with Crippen molar-refractivity contribution in [3.63, 3.8) is 0 Å². The third-order valence-corrected chi connectivity index (χ3v) is 3.90. The van der Waals surface area contributed by atoms with Crippen LogP contribution in [0.1, 0.15) is 5.56 Å². The zero-order valence-electron chi connectivity index (χ0n) is 13.0. The van der Waals surface area contributed by atoms with Gasteiger partial charge in [-0.1, -0.05) is 30.0 Å². The van der Waals surface area contributed by atoms with Crippen LogP contribution >= 0.6 is 11.8 Å². The van der Waals surface area contributed by atoms with Crippen LogP contribution in [0.3, 0.4) is 0 Å². The van der Waals surface area contributed by atoms with Crippen molar-refractivity contribution in [3.8, 4) is 0 Å². The highest BCUT2D eigenvalue weighted by molar-refractivity contribution is 7.99. The summed E-state index contributed by atoms with van der Waals surface area (Å²) in [7, 11) is 1.72. The monoisotopic (exact) mass is 354 g/mol. The van der Waals surface area contributed by atoms with E-state index in [0.717, 1.165) is 0 Å². The molecule has 0 aromatic heterocycles. The van der Waals surface area contributed by atoms with Gasteiger partial charge in [0.05, 0.1) is 6.54 Å². The van der Waals surface area contributed by atoms with Crippen LogP contribution in [0.2, 0.25) is 0 Å². The van der Waals surface area contributed by atoms with E-state index in [2.05, 4.69) is 5.32 Å². The standard InChI is InChI=1S/C17H17F3N2OS/c1-22(10-12-4-2-3-5-15(12)18)11-16(23)21-13-6-8-14(9-7-13)24-17(19)20/h2-9,17H,10-11H2,1H3,(H,21,23). The van der Waals surface area contributed by atoms with E-state index in [1.165, 1.54) is 18.2 Å². The van der Waals surface area contributed by atoms with Crippen molar-refractivity contribution in [2.24, 2.45) is 0 Å². The molecular formula is C17H17F3N2OS. The van der Waals surface area contributed by atoms with Gasteiger partial charge in [0, 0.05) is 22.7 Å². The van der Waals surface area contributed by atoms with Gasteiger partial charge < -0.3 is 5.32 Å². The number of hydrogen-bond acceptors (Lipinski definition) is 3. The molecule has 2 rings (SSSR count). The zero-order chi connectivity index (χ0) is 17.5. The molecule has 0 spiro atoms. The molecule has 1 amide bonds. The lowest BCUT2D eigenvalue weighted by molar-refractivity contribution is -0.117. The number of nitrogens with zero attached hydrogens (tertiary/aromatic N) is 1. The van der Waals surface area contributed by atoms with Gasteiger partial charge in [-0.15, -0.1) is 0 Å². The molecule has 128 valence electrons. The molecule has 24 heavy (non-hydrogen) atoms. The van der Waals surface area contributed by atoms with Crippen LogP contribution in [-0.2, 0) is 11.3 Å². The second kappa shape index (κ2) is 8.75. The van der Waals surface area contributed by atoms with Gasteiger partial charge in [0.1, 0.15) is 5.82 Å². The minimum absolute atomic E-state index is 0.0852. The maximum Gasteiger partial charge on any atom is 0.288 e. The molecular weight excluding hydrogens is 337 g/mol. The topological polar surface area (TPSA) is 32.3 Å². The number of carbonyl (C=O) groups excluding carboxylic acids is 1. The van der Waals surface area contributed by atoms with Gasteiger partial charge in [0.15, 0.2) is 0 Å². The number of halogens is 3. The van der Waals surface area contributed by atoms with Gasteiger partial charge in [0.25, 0.3) is 5.76 Å². The summed E-state index contributed by atoms with van der Waals surface area (Å²) in [4.78, 5) is 14.1. The largest absolute Gasteiger partial charge is 0.325 e. The summed E-state index contributed by atoms with van der Waals surface area (Å²) < 4.78 is 38.1. The van der Waals surface area contributed by atoms with E-state index in [4.69, 9.17) is 0 Å². The number of alkyl halides is 2. The smallest absolute Gasteiger partial charge is 0.288 e. The Balaban J connectivity index is 1.85. The van der Waals surface area contributed by atoms with Gasteiger partial charge in [-0.2, -0.15) is 8.78 Å². The first-order chi connectivity index (χ1) is 11.4. The average Bonchev–Trinajstić information content (AvgIpc) is 2.51. The minimum Gasteiger partial charge on any atom is -0.325 e. The van der Waals surface area contributed by atoms with Crippen LogP contribution in [0.5, 0.6) is 0 Å². The maximum atomic E-state index is 13.6. The first kappa shape index (κ1) is 18.4. The molecule has 3 nitrogen and oxygen atoms in total. The van der Waals surface area contributed by atoms with Gasteiger partial charge >= 0.3 is 0 Å². The van der Waals surface area contributed by atoms with Crippen molar-refractivity contribution < 1.29 is 18.0 Å². The number of rotatable bonds is 7. The summed E-state index contributed by atoms with van der Waals surface area (Å²) in [6.07, 6.45) is 0. The van der Waals surface area contributed by atoms with Gasteiger partial charge in [-0.25, -0.2) is 4.39 Å². The Morgan fingerprint density at radius 3 is 2.46 bits per heavy atom. The lowest BCUT2D eigenvalue weighted by atomic mass is 10.2. The van der Waals surface area contributed by atoms with E-state index in [1.807, 2.05) is 0 Å². The highest BCUT2D eigenvalue weighted by Gasteiger charge is 2.10. The minimum atomic E-state index is -2.47. The zero-order valence-corrected chi connectivity index (χ0v) is 13.8. The molecule has 2 aromatic rings. The highest BCUT2D eigenvalue weighted by Crippen LogP contribution is 2.26. The van der Waals surface area contributed by atoms with Crippen LogP contribution in [0.25, 0.3) is 0 Å². The molecule has 0 heterocycles. The van der Waals surface area contributed by atoms with E-state index in [-0.39, 0.29) is 18.3 Å². The quantitative estimate of drug-likeness (QED) is 0.756. The second-order valence-electron chi connectivity index (χ2n) is 5.21. The molecule has 0 saturated heterocycles. The molecule has 0 unspecified atom stereocenters. The van der Waals surface area contributed by atoms with Crippen LogP contribution < -0.4 is 5.32 Å². The summed E-state index contributed by atoms with van der Waals surface area (Å²) in [5.74, 6) is -3.04. The van der Waals surface area contributed by atoms with Crippen molar-refractivity contribution in [1.29, 1.82) is 0 Å². The Morgan fingerprint density at radius 2 is 1.83 bits per heavy atom. The van der Waals surface area contributed by atoms with Crippen molar-refractivity contribution in [3.05, 3.63) is 59.9 Å². The predicted molar refractivity (Wildman–Crippen MR) is 89.7 cm³/mol. The van der Waals surface area contributed by atoms with Crippen LogP contribution in [0, 0.1) is 5.82 Å². The molecule has 0 saturated carbocycles. The Kier molecular flexibility index (Phi) is 6.69. The van der Waals surface area contributed by atoms with E-state index in [0.29, 0.717) is 34.5 Å². The maximum absolute atomic E-state index is 13.6. The normalized spacial score (nSPS) is 11.1. The first-order valence-corrected chi connectivity index (χ1v) is 8.08. The summed E-state index contributed by atoms with van der Waals surface area (Å²) >= 11 is 0.449. The Labute approximate surface area is 142 Å². The highest BCUT2D eigenvalue weighted by atomic mass is 32.2. The van der Waals surface area contributed by atoms with Crippen molar-refractivity contribution in [1.82, 2.24) is 4.90 Å². The fourth-order valence-electron chi connectivity index (χ4n) is 2.14. The summed E-state index contributed by atoms with van der Waals surface area (Å²) in [5, 5.41) is 2.68. The number of hydrogen-bond donors (Lipinski definition) is 1. The predicted octanol–water partition coefficient (Wildman–Crippen LogP) is 4.21. The molecule has 0 radical (unpaired) electrons. The van der Waals surface area contributed by atoms with Crippen LogP contribution in [0.4, 0.5) is 18.9 Å². The van der Waals surface area contributed by atoms with Crippen LogP contribution in [0.15, 0.2) is 53.4 Å². The third-order valence-electron chi connectivity index (χ3n) is 3.17. The van der Waals surface area contributed by atoms with Gasteiger partial charge in [-0.3, -0.25) is 9.69 Å². The van der Waals surface area contributed by atoms with Crippen molar-refractivity contribution in [2.75, 3.05) is 18.9 Å². The molecule has 1 N–H and O–H groups in total. The Hall–Kier alpha value is -1.99. The molecule has 0 bridgehead atoms. The number of anilines is 1. The number of nitrogens with one attached hydrogen (secondary N) is 1. The van der Waals surface area contributed by atoms with Gasteiger partial charge in [-0.05, 0) is 37.4 Å². The molecule has 2 aromatic carbocycles. The third kappa shape index (κ3) is 5.90. The molecule has 7 heteroatoms. The average molecular weight is 354 g/mol. The molecule has 0 aliphatic rings. The Bertz CT molecular complexity index is 680. The lowest BCUT2D eigenvalue weighted by Gasteiger charge is -2.16. The molecule has 0 fully saturated rings. The Morgan fingerprint density at radius 1 is 1.17 bits per heavy atom. The number of amides is 1. The number of likely N-dealkylation sites (N-methyl/N-ethyl adjacent to an activating group) is 1. The van der Waals surface area contributed by atoms with Crippen molar-refractivity contribution >= 4 is 23.4 Å². The molecule has 0 atom stereocenters. The van der Waals surface area contributed by atoms with Gasteiger partial charge in [0.2, 0.25) is 5.91 Å². The lowest BCUT2D eigenvalue weighted by Crippen LogP contribution is -2.30. The van der Waals surface area contributed by atoms with E-state index in [1.54, 1.807) is 42.3 Å². The summed E-state index contributed by atoms with van der Waals surface area (Å²) in [5.41, 5.74) is 1.04. The molecule has 0 aliphatic heterocycles. The van der Waals surface area contributed by atoms with Crippen molar-refractivity contribution in [2.45, 2.75) is 17.2 Å². The number of carbonyl (C=O) groups is 1. The number of benzene rings is 2. The van der Waals surface area contributed by atoms with E-state index >= 15 is 0 Å². The number of thioether (sulfide) groups is 1. The fourth-order valence-corrected chi connectivity index (χ4v) is 2.64. The fraction of sp³-hybridized carbons (Fsp3) is 0.235. The summed E-state index contributed by atoms with van der Waals surface area (Å²) in [6.45, 7) is 0.395. The van der Waals surface area contributed by atoms with E-state index < -0.39 is 5.76 Å². The SMILES string of the molecule is CN(CC(=O)Nc1ccc(SC(F)F)cc1)Cc1ccccc1F.